The van der Waals surface area contributed by atoms with Crippen LogP contribution in [0.25, 0.3) is 0 Å². The lowest BCUT2D eigenvalue weighted by Crippen LogP contribution is -2.48. The van der Waals surface area contributed by atoms with Gasteiger partial charge in [-0.25, -0.2) is 0 Å². The van der Waals surface area contributed by atoms with E-state index in [2.05, 4.69) is 15.3 Å². The second-order valence-corrected chi connectivity index (χ2v) is 6.93. The van der Waals surface area contributed by atoms with Crippen LogP contribution in [0.3, 0.4) is 0 Å². The van der Waals surface area contributed by atoms with Crippen LogP contribution in [-0.2, 0) is 9.53 Å². The Morgan fingerprint density at radius 1 is 1.45 bits per heavy atom. The third-order valence-corrected chi connectivity index (χ3v) is 5.68. The number of thioether (sulfide) groups is 1. The van der Waals surface area contributed by atoms with Gasteiger partial charge in [0.1, 0.15) is 0 Å². The molecule has 0 N–H and O–H groups in total. The Kier molecular flexibility index (Phi) is 3.03. The molecule has 1 amide bonds. The maximum atomic E-state index is 12.2. The molecule has 1 atom stereocenters. The van der Waals surface area contributed by atoms with Gasteiger partial charge in [-0.15, -0.1) is 0 Å². The Morgan fingerprint density at radius 3 is 3.25 bits per heavy atom. The maximum Gasteiger partial charge on any atom is 0.222 e. The van der Waals surface area contributed by atoms with Crippen molar-refractivity contribution in [2.45, 2.75) is 19.3 Å². The van der Waals surface area contributed by atoms with Gasteiger partial charge in [-0.1, -0.05) is 11.8 Å². The summed E-state index contributed by atoms with van der Waals surface area (Å²) >= 11 is 1.69. The first-order chi connectivity index (χ1) is 9.76. The van der Waals surface area contributed by atoms with E-state index in [1.165, 1.54) is 5.70 Å². The van der Waals surface area contributed by atoms with Crippen LogP contribution in [0.5, 0.6) is 0 Å². The van der Waals surface area contributed by atoms with Crippen molar-refractivity contribution in [1.29, 1.82) is 0 Å². The van der Waals surface area contributed by atoms with Crippen molar-refractivity contribution in [2.75, 3.05) is 39.4 Å². The van der Waals surface area contributed by atoms with Crippen LogP contribution in [0.2, 0.25) is 0 Å². The number of piperidine rings is 1. The fraction of sp³-hybridized carbons (Fsp3) is 0.714. The second kappa shape index (κ2) is 4.77. The van der Waals surface area contributed by atoms with Gasteiger partial charge in [-0.2, -0.15) is 0 Å². The molecule has 4 aliphatic rings. The van der Waals surface area contributed by atoms with Gasteiger partial charge >= 0.3 is 0 Å². The molecule has 4 rings (SSSR count). The lowest BCUT2D eigenvalue weighted by molar-refractivity contribution is -0.137. The van der Waals surface area contributed by atoms with Gasteiger partial charge in [0.25, 0.3) is 0 Å². The summed E-state index contributed by atoms with van der Waals surface area (Å²) in [6.07, 6.45) is 2.76. The van der Waals surface area contributed by atoms with Gasteiger partial charge in [-0.05, 0) is 12.8 Å². The number of nitrogens with zero attached hydrogens (tertiary/aromatic N) is 3. The number of rotatable bonds is 2. The molecule has 0 aromatic carbocycles. The number of fused-ring (bicyclic) bond motifs is 1. The first kappa shape index (κ1) is 12.7. The largest absolute Gasteiger partial charge is 0.381 e. The van der Waals surface area contributed by atoms with Gasteiger partial charge in [0, 0.05) is 42.6 Å². The van der Waals surface area contributed by atoms with Crippen LogP contribution in [-0.4, -0.2) is 60.3 Å². The van der Waals surface area contributed by atoms with Crippen molar-refractivity contribution in [3.8, 4) is 0 Å². The molecule has 1 unspecified atom stereocenters. The summed E-state index contributed by atoms with van der Waals surface area (Å²) in [6, 6.07) is 0. The van der Waals surface area contributed by atoms with E-state index in [-0.39, 0.29) is 11.3 Å². The average molecular weight is 293 g/mol. The van der Waals surface area contributed by atoms with Gasteiger partial charge in [0.05, 0.1) is 19.7 Å². The highest BCUT2D eigenvalue weighted by molar-refractivity contribution is 8.16. The van der Waals surface area contributed by atoms with Crippen molar-refractivity contribution in [3.63, 3.8) is 0 Å². The van der Waals surface area contributed by atoms with Gasteiger partial charge < -0.3 is 14.5 Å². The lowest BCUT2D eigenvalue weighted by Gasteiger charge is -2.39. The molecule has 0 bridgehead atoms. The molecule has 2 saturated heterocycles. The van der Waals surface area contributed by atoms with E-state index in [1.807, 2.05) is 4.90 Å². The molecule has 0 aromatic heterocycles. The summed E-state index contributed by atoms with van der Waals surface area (Å²) < 4.78 is 5.57. The average Bonchev–Trinajstić information content (AvgIpc) is 3.13. The van der Waals surface area contributed by atoms with Crippen LogP contribution in [0.4, 0.5) is 0 Å². The Bertz CT molecular complexity index is 497. The highest BCUT2D eigenvalue weighted by Crippen LogP contribution is 2.39. The van der Waals surface area contributed by atoms with Crippen molar-refractivity contribution in [2.24, 2.45) is 10.4 Å². The Hall–Kier alpha value is -1.01. The summed E-state index contributed by atoms with van der Waals surface area (Å²) in [5.41, 5.74) is 1.46. The number of amidine groups is 1. The Labute approximate surface area is 123 Å². The first-order valence-electron chi connectivity index (χ1n) is 7.29. The Balaban J connectivity index is 1.47. The molecular formula is C14H19N3O2S. The Morgan fingerprint density at radius 2 is 2.40 bits per heavy atom. The van der Waals surface area contributed by atoms with Crippen LogP contribution in [0, 0.1) is 5.41 Å². The fourth-order valence-electron chi connectivity index (χ4n) is 3.51. The molecule has 108 valence electrons. The minimum Gasteiger partial charge on any atom is -0.381 e. The molecule has 2 fully saturated rings. The zero-order valence-electron chi connectivity index (χ0n) is 11.5. The maximum absolute atomic E-state index is 12.2. The van der Waals surface area contributed by atoms with E-state index in [4.69, 9.17) is 4.74 Å². The smallest absolute Gasteiger partial charge is 0.222 e. The number of ether oxygens (including phenoxy) is 1. The van der Waals surface area contributed by atoms with Gasteiger partial charge in [0.15, 0.2) is 5.17 Å². The van der Waals surface area contributed by atoms with Crippen molar-refractivity contribution < 1.29 is 9.53 Å². The molecule has 4 aliphatic heterocycles. The minimum atomic E-state index is 0.224. The SMILES string of the molecule is O=C1CCC2(CCOC2)CN1CC1=CSC2=NCCN12. The number of likely N-dealkylation sites (tertiary alicyclic amines) is 1. The number of hydrogen-bond donors (Lipinski definition) is 0. The molecule has 5 nitrogen and oxygen atoms in total. The number of aliphatic imine (C=N–C) groups is 1. The monoisotopic (exact) mass is 293 g/mol. The fourth-order valence-corrected chi connectivity index (χ4v) is 4.46. The van der Waals surface area contributed by atoms with E-state index in [0.717, 1.165) is 57.4 Å². The predicted molar refractivity (Wildman–Crippen MR) is 78.4 cm³/mol. The van der Waals surface area contributed by atoms with Crippen LogP contribution >= 0.6 is 11.8 Å². The summed E-state index contributed by atoms with van der Waals surface area (Å²) in [7, 11) is 0. The zero-order valence-corrected chi connectivity index (χ0v) is 12.3. The van der Waals surface area contributed by atoms with Crippen molar-refractivity contribution in [1.82, 2.24) is 9.80 Å². The number of amides is 1. The normalized spacial score (nSPS) is 32.9. The van der Waals surface area contributed by atoms with E-state index in [9.17, 15) is 4.79 Å². The van der Waals surface area contributed by atoms with Crippen LogP contribution in [0.1, 0.15) is 19.3 Å². The number of hydrogen-bond acceptors (Lipinski definition) is 5. The molecule has 0 radical (unpaired) electrons. The van der Waals surface area contributed by atoms with Crippen LogP contribution in [0.15, 0.2) is 16.1 Å². The number of carbonyl (C=O) groups is 1. The predicted octanol–water partition coefficient (Wildman–Crippen LogP) is 1.28. The highest BCUT2D eigenvalue weighted by Gasteiger charge is 2.42. The third kappa shape index (κ3) is 2.05. The van der Waals surface area contributed by atoms with E-state index in [1.54, 1.807) is 11.8 Å². The molecule has 1 spiro atoms. The molecule has 0 aliphatic carbocycles. The van der Waals surface area contributed by atoms with Gasteiger partial charge in [-0.3, -0.25) is 9.79 Å². The van der Waals surface area contributed by atoms with E-state index >= 15 is 0 Å². The summed E-state index contributed by atoms with van der Waals surface area (Å²) in [4.78, 5) is 21.0. The summed E-state index contributed by atoms with van der Waals surface area (Å²) in [6.45, 7) is 5.10. The lowest BCUT2D eigenvalue weighted by atomic mass is 9.79. The van der Waals surface area contributed by atoms with Crippen LogP contribution < -0.4 is 0 Å². The topological polar surface area (TPSA) is 45.1 Å². The standard InChI is InChI=1S/C14H19N3O2S/c18-12-1-2-14(3-6-19-10-14)9-16(12)7-11-8-20-13-15-4-5-17(11)13/h8H,1-7,9-10H2. The zero-order chi connectivity index (χ0) is 13.6. The quantitative estimate of drug-likeness (QED) is 0.769. The van der Waals surface area contributed by atoms with E-state index in [0.29, 0.717) is 6.42 Å². The molecule has 6 heteroatoms. The van der Waals surface area contributed by atoms with Crippen molar-refractivity contribution in [3.05, 3.63) is 11.1 Å². The van der Waals surface area contributed by atoms with Crippen molar-refractivity contribution >= 4 is 22.8 Å². The van der Waals surface area contributed by atoms with E-state index < -0.39 is 0 Å². The number of carbonyl (C=O) groups excluding carboxylic acids is 1. The van der Waals surface area contributed by atoms with Gasteiger partial charge in [0.2, 0.25) is 5.91 Å². The second-order valence-electron chi connectivity index (χ2n) is 6.10. The molecule has 0 saturated carbocycles. The molecule has 20 heavy (non-hydrogen) atoms. The first-order valence-corrected chi connectivity index (χ1v) is 8.17. The highest BCUT2D eigenvalue weighted by atomic mass is 32.2. The molecular weight excluding hydrogens is 274 g/mol. The minimum absolute atomic E-state index is 0.224. The third-order valence-electron chi connectivity index (χ3n) is 4.73. The summed E-state index contributed by atoms with van der Waals surface area (Å²) in [5.74, 6) is 0.290. The summed E-state index contributed by atoms with van der Waals surface area (Å²) in [5, 5.41) is 3.25. The molecule has 4 heterocycles. The molecule has 0 aromatic rings.